The van der Waals surface area contributed by atoms with Gasteiger partial charge in [0, 0.05) is 6.54 Å². The Morgan fingerprint density at radius 3 is 3.20 bits per heavy atom. The number of urea groups is 1. The third-order valence-corrected chi connectivity index (χ3v) is 2.07. The molecule has 2 rings (SSSR count). The zero-order valence-corrected chi connectivity index (χ0v) is 7.95. The molecule has 2 aromatic rings. The first kappa shape index (κ1) is 9.47. The van der Waals surface area contributed by atoms with Gasteiger partial charge in [-0.1, -0.05) is 6.07 Å². The predicted molar refractivity (Wildman–Crippen MR) is 55.7 cm³/mol. The van der Waals surface area contributed by atoms with Crippen LogP contribution in [0, 0.1) is 0 Å². The summed E-state index contributed by atoms with van der Waals surface area (Å²) in [5, 5.41) is 2.60. The molecule has 15 heavy (non-hydrogen) atoms. The number of nitrogens with zero attached hydrogens (tertiary/aromatic N) is 1. The lowest BCUT2D eigenvalue weighted by atomic mass is 10.2. The van der Waals surface area contributed by atoms with Crippen LogP contribution in [-0.4, -0.2) is 16.0 Å². The summed E-state index contributed by atoms with van der Waals surface area (Å²) in [4.78, 5) is 17.9. The van der Waals surface area contributed by atoms with Gasteiger partial charge >= 0.3 is 6.03 Å². The molecule has 6 heteroatoms. The molecule has 0 fully saturated rings. The number of hydrazine groups is 1. The molecule has 0 saturated carbocycles. The Hall–Kier alpha value is -2.08. The molecule has 0 atom stereocenters. The van der Waals surface area contributed by atoms with Crippen molar-refractivity contribution in [3.63, 3.8) is 0 Å². The minimum absolute atomic E-state index is 0.403. The summed E-state index contributed by atoms with van der Waals surface area (Å²) in [6, 6.07) is 5.32. The van der Waals surface area contributed by atoms with E-state index in [1.165, 1.54) is 0 Å². The molecule has 6 nitrogen and oxygen atoms in total. The molecule has 0 bridgehead atoms. The Kier molecular flexibility index (Phi) is 2.51. The summed E-state index contributed by atoms with van der Waals surface area (Å²) in [6.45, 7) is 0.429. The van der Waals surface area contributed by atoms with E-state index in [-0.39, 0.29) is 0 Å². The number of fused-ring (bicyclic) bond motifs is 1. The smallest absolute Gasteiger partial charge is 0.329 e. The van der Waals surface area contributed by atoms with Crippen molar-refractivity contribution in [1.29, 1.82) is 0 Å². The van der Waals surface area contributed by atoms with Gasteiger partial charge in [-0.3, -0.25) is 5.43 Å². The van der Waals surface area contributed by atoms with E-state index >= 15 is 0 Å². The van der Waals surface area contributed by atoms with Crippen molar-refractivity contribution in [2.24, 2.45) is 5.84 Å². The minimum Gasteiger partial charge on any atom is -0.345 e. The van der Waals surface area contributed by atoms with Crippen LogP contribution in [0.3, 0.4) is 0 Å². The molecule has 2 amide bonds. The molecular weight excluding hydrogens is 194 g/mol. The number of nitrogens with one attached hydrogen (secondary N) is 3. The van der Waals surface area contributed by atoms with Crippen LogP contribution in [0.25, 0.3) is 11.0 Å². The SMILES string of the molecule is NNC(=O)NCc1ccc2nc[nH]c2c1. The van der Waals surface area contributed by atoms with E-state index < -0.39 is 6.03 Å². The third-order valence-electron chi connectivity index (χ3n) is 2.07. The molecule has 5 N–H and O–H groups in total. The van der Waals surface area contributed by atoms with Gasteiger partial charge in [-0.25, -0.2) is 15.6 Å². The van der Waals surface area contributed by atoms with Crippen molar-refractivity contribution in [2.45, 2.75) is 6.54 Å². The first-order valence-electron chi connectivity index (χ1n) is 4.46. The number of aromatic amines is 1. The van der Waals surface area contributed by atoms with Crippen LogP contribution in [0.15, 0.2) is 24.5 Å². The van der Waals surface area contributed by atoms with E-state index in [1.807, 2.05) is 23.6 Å². The first-order chi connectivity index (χ1) is 7.29. The summed E-state index contributed by atoms with van der Waals surface area (Å²) in [5.74, 6) is 4.93. The Balaban J connectivity index is 2.11. The van der Waals surface area contributed by atoms with Crippen LogP contribution in [0.4, 0.5) is 4.79 Å². The fraction of sp³-hybridized carbons (Fsp3) is 0.111. The molecule has 0 radical (unpaired) electrons. The number of nitrogens with two attached hydrogens (primary N) is 1. The number of imidazole rings is 1. The van der Waals surface area contributed by atoms with Crippen molar-refractivity contribution < 1.29 is 4.79 Å². The zero-order valence-electron chi connectivity index (χ0n) is 7.95. The van der Waals surface area contributed by atoms with E-state index in [2.05, 4.69) is 15.3 Å². The van der Waals surface area contributed by atoms with Crippen LogP contribution in [-0.2, 0) is 6.54 Å². The lowest BCUT2D eigenvalue weighted by molar-refractivity contribution is 0.241. The van der Waals surface area contributed by atoms with Gasteiger partial charge in [0.2, 0.25) is 0 Å². The predicted octanol–water partition coefficient (Wildman–Crippen LogP) is 0.236. The Bertz CT molecular complexity index is 478. The topological polar surface area (TPSA) is 95.8 Å². The van der Waals surface area contributed by atoms with Gasteiger partial charge in [-0.05, 0) is 17.7 Å². The maximum Gasteiger partial charge on any atom is 0.329 e. The Morgan fingerprint density at radius 2 is 2.40 bits per heavy atom. The first-order valence-corrected chi connectivity index (χ1v) is 4.46. The number of aromatic nitrogens is 2. The van der Waals surface area contributed by atoms with E-state index in [1.54, 1.807) is 6.33 Å². The summed E-state index contributed by atoms with van der Waals surface area (Å²) in [6.07, 6.45) is 1.63. The fourth-order valence-electron chi connectivity index (χ4n) is 1.33. The van der Waals surface area contributed by atoms with Crippen molar-refractivity contribution in [2.75, 3.05) is 0 Å². The molecule has 0 saturated heterocycles. The van der Waals surface area contributed by atoms with Crippen LogP contribution >= 0.6 is 0 Å². The average Bonchev–Trinajstić information content (AvgIpc) is 2.72. The van der Waals surface area contributed by atoms with Crippen LogP contribution in [0.5, 0.6) is 0 Å². The lowest BCUT2D eigenvalue weighted by Crippen LogP contribution is -2.39. The van der Waals surface area contributed by atoms with Gasteiger partial charge in [0.15, 0.2) is 0 Å². The highest BCUT2D eigenvalue weighted by atomic mass is 16.2. The Morgan fingerprint density at radius 1 is 1.53 bits per heavy atom. The number of carbonyl (C=O) groups excluding carboxylic acids is 1. The number of H-pyrrole nitrogens is 1. The lowest BCUT2D eigenvalue weighted by Gasteiger charge is -2.03. The van der Waals surface area contributed by atoms with E-state index in [0.717, 1.165) is 16.6 Å². The molecule has 1 aromatic carbocycles. The van der Waals surface area contributed by atoms with Gasteiger partial charge in [-0.2, -0.15) is 0 Å². The van der Waals surface area contributed by atoms with Crippen LogP contribution in [0.2, 0.25) is 0 Å². The summed E-state index contributed by atoms with van der Waals surface area (Å²) < 4.78 is 0. The van der Waals surface area contributed by atoms with Gasteiger partial charge in [0.25, 0.3) is 0 Å². The second kappa shape index (κ2) is 3.97. The number of hydrogen-bond donors (Lipinski definition) is 4. The normalized spacial score (nSPS) is 10.2. The van der Waals surface area contributed by atoms with Crippen molar-refractivity contribution in [3.8, 4) is 0 Å². The van der Waals surface area contributed by atoms with E-state index in [9.17, 15) is 4.79 Å². The van der Waals surface area contributed by atoms with Gasteiger partial charge < -0.3 is 10.3 Å². The number of rotatable bonds is 2. The standard InChI is InChI=1S/C9H11N5O/c10-14-9(15)11-4-6-1-2-7-8(3-6)13-5-12-7/h1-3,5H,4,10H2,(H,12,13)(H2,11,14,15). The molecule has 78 valence electrons. The quantitative estimate of drug-likeness (QED) is 0.321. The van der Waals surface area contributed by atoms with Gasteiger partial charge in [0.05, 0.1) is 17.4 Å². The highest BCUT2D eigenvalue weighted by molar-refractivity contribution is 5.76. The largest absolute Gasteiger partial charge is 0.345 e. The Labute approximate surface area is 85.8 Å². The van der Waals surface area contributed by atoms with E-state index in [0.29, 0.717) is 6.54 Å². The second-order valence-electron chi connectivity index (χ2n) is 3.08. The van der Waals surface area contributed by atoms with Crippen molar-refractivity contribution in [1.82, 2.24) is 20.7 Å². The van der Waals surface area contributed by atoms with E-state index in [4.69, 9.17) is 5.84 Å². The molecule has 0 aliphatic heterocycles. The van der Waals surface area contributed by atoms with Gasteiger partial charge in [0.1, 0.15) is 0 Å². The molecule has 1 heterocycles. The monoisotopic (exact) mass is 205 g/mol. The summed E-state index contributed by atoms with van der Waals surface area (Å²) in [5.41, 5.74) is 4.83. The minimum atomic E-state index is -0.403. The number of carbonyl (C=O) groups is 1. The summed E-state index contributed by atoms with van der Waals surface area (Å²) in [7, 11) is 0. The highest BCUT2D eigenvalue weighted by Crippen LogP contribution is 2.11. The maximum absolute atomic E-state index is 10.8. The second-order valence-corrected chi connectivity index (χ2v) is 3.08. The maximum atomic E-state index is 10.8. The third kappa shape index (κ3) is 2.05. The summed E-state index contributed by atoms with van der Waals surface area (Å²) >= 11 is 0. The molecule has 0 aliphatic rings. The zero-order chi connectivity index (χ0) is 10.7. The number of benzene rings is 1. The molecule has 1 aromatic heterocycles. The van der Waals surface area contributed by atoms with Crippen molar-refractivity contribution in [3.05, 3.63) is 30.1 Å². The molecule has 0 spiro atoms. The van der Waals surface area contributed by atoms with Crippen molar-refractivity contribution >= 4 is 17.1 Å². The number of hydrogen-bond acceptors (Lipinski definition) is 3. The highest BCUT2D eigenvalue weighted by Gasteiger charge is 2.00. The molecule has 0 aliphatic carbocycles. The average molecular weight is 205 g/mol. The molecular formula is C9H11N5O. The molecule has 0 unspecified atom stereocenters. The van der Waals surface area contributed by atoms with Crippen LogP contribution in [0.1, 0.15) is 5.56 Å². The van der Waals surface area contributed by atoms with Crippen LogP contribution < -0.4 is 16.6 Å². The van der Waals surface area contributed by atoms with Gasteiger partial charge in [-0.15, -0.1) is 0 Å². The fourth-order valence-corrected chi connectivity index (χ4v) is 1.33. The number of amides is 2.